The van der Waals surface area contributed by atoms with Gasteiger partial charge in [0.2, 0.25) is 0 Å². The summed E-state index contributed by atoms with van der Waals surface area (Å²) in [5.41, 5.74) is 9.17. The number of benzene rings is 8. The Bertz CT molecular complexity index is 3220. The molecule has 0 fully saturated rings. The van der Waals surface area contributed by atoms with Crippen LogP contribution in [-0.4, -0.2) is 15.0 Å². The summed E-state index contributed by atoms with van der Waals surface area (Å²) < 4.78 is 9.08. The molecule has 0 amide bonds. The molecule has 252 valence electrons. The quantitative estimate of drug-likeness (QED) is 0.179. The van der Waals surface area contributed by atoms with Gasteiger partial charge in [0.25, 0.3) is 0 Å². The van der Waals surface area contributed by atoms with E-state index in [1.165, 1.54) is 42.2 Å². The van der Waals surface area contributed by atoms with Crippen LogP contribution in [0.15, 0.2) is 180 Å². The fourth-order valence-electron chi connectivity index (χ4n) is 7.82. The lowest BCUT2D eigenvalue weighted by molar-refractivity contribution is 0.669. The Hall–Kier alpha value is -6.95. The Labute approximate surface area is 314 Å². The van der Waals surface area contributed by atoms with Crippen LogP contribution < -0.4 is 0 Å². The number of rotatable bonds is 5. The van der Waals surface area contributed by atoms with Gasteiger partial charge in [0.1, 0.15) is 11.2 Å². The van der Waals surface area contributed by atoms with Crippen molar-refractivity contribution in [1.29, 1.82) is 0 Å². The highest BCUT2D eigenvalue weighted by Crippen LogP contribution is 2.45. The van der Waals surface area contributed by atoms with Crippen molar-refractivity contribution in [2.75, 3.05) is 0 Å². The molecule has 8 aromatic carbocycles. The number of hydrogen-bond donors (Lipinski definition) is 0. The topological polar surface area (TPSA) is 51.8 Å². The normalized spacial score (nSPS) is 11.7. The van der Waals surface area contributed by atoms with Gasteiger partial charge in [-0.3, -0.25) is 0 Å². The summed E-state index contributed by atoms with van der Waals surface area (Å²) in [5.74, 6) is 1.85. The van der Waals surface area contributed by atoms with Gasteiger partial charge >= 0.3 is 0 Å². The average Bonchev–Trinajstić information content (AvgIpc) is 3.82. The van der Waals surface area contributed by atoms with Gasteiger partial charge in [-0.1, -0.05) is 140 Å². The van der Waals surface area contributed by atoms with Crippen molar-refractivity contribution in [2.45, 2.75) is 0 Å². The van der Waals surface area contributed by atoms with Gasteiger partial charge < -0.3 is 4.42 Å². The Balaban J connectivity index is 1.13. The van der Waals surface area contributed by atoms with Crippen LogP contribution in [-0.2, 0) is 0 Å². The molecule has 0 atom stereocenters. The zero-order valence-corrected chi connectivity index (χ0v) is 29.7. The van der Waals surface area contributed by atoms with Gasteiger partial charge in [-0.25, -0.2) is 15.0 Å². The van der Waals surface area contributed by atoms with Crippen LogP contribution in [0.3, 0.4) is 0 Å². The molecule has 0 N–H and O–H groups in total. The van der Waals surface area contributed by atoms with E-state index in [4.69, 9.17) is 19.4 Å². The van der Waals surface area contributed by atoms with Crippen LogP contribution >= 0.6 is 11.3 Å². The molecule has 0 saturated carbocycles. The maximum Gasteiger partial charge on any atom is 0.164 e. The van der Waals surface area contributed by atoms with Crippen molar-refractivity contribution in [3.63, 3.8) is 0 Å². The molecule has 0 radical (unpaired) electrons. The molecule has 0 saturated heterocycles. The highest BCUT2D eigenvalue weighted by molar-refractivity contribution is 7.26. The molecule has 0 bridgehead atoms. The Morgan fingerprint density at radius 3 is 1.70 bits per heavy atom. The number of fused-ring (bicyclic) bond motifs is 7. The molecule has 5 heteroatoms. The van der Waals surface area contributed by atoms with Crippen molar-refractivity contribution < 1.29 is 4.42 Å². The fraction of sp³-hybridized carbons (Fsp3) is 0. The lowest BCUT2D eigenvalue weighted by Crippen LogP contribution is -2.00. The zero-order valence-electron chi connectivity index (χ0n) is 28.9. The van der Waals surface area contributed by atoms with Crippen molar-refractivity contribution in [3.05, 3.63) is 176 Å². The summed E-state index contributed by atoms with van der Waals surface area (Å²) in [6, 6.07) is 61.5. The van der Waals surface area contributed by atoms with Crippen LogP contribution in [0.5, 0.6) is 0 Å². The van der Waals surface area contributed by atoms with E-state index >= 15 is 0 Å². The monoisotopic (exact) mass is 707 g/mol. The van der Waals surface area contributed by atoms with Gasteiger partial charge in [0.15, 0.2) is 17.5 Å². The largest absolute Gasteiger partial charge is 0.456 e. The number of nitrogens with zero attached hydrogens (tertiary/aromatic N) is 3. The Morgan fingerprint density at radius 1 is 0.352 bits per heavy atom. The summed E-state index contributed by atoms with van der Waals surface area (Å²) in [6.07, 6.45) is 0. The van der Waals surface area contributed by atoms with E-state index in [0.29, 0.717) is 17.5 Å². The summed E-state index contributed by atoms with van der Waals surface area (Å²) in [7, 11) is 0. The molecule has 0 aliphatic heterocycles. The molecule has 11 aromatic rings. The van der Waals surface area contributed by atoms with Crippen LogP contribution in [0.2, 0.25) is 0 Å². The van der Waals surface area contributed by atoms with Gasteiger partial charge in [-0.15, -0.1) is 11.3 Å². The predicted octanol–water partition coefficient (Wildman–Crippen LogP) is 13.6. The fourth-order valence-corrected chi connectivity index (χ4v) is 8.97. The first kappa shape index (κ1) is 30.7. The molecule has 4 nitrogen and oxygen atoms in total. The first-order valence-corrected chi connectivity index (χ1v) is 18.8. The minimum absolute atomic E-state index is 0.601. The maximum atomic E-state index is 6.53. The smallest absolute Gasteiger partial charge is 0.164 e. The Morgan fingerprint density at radius 2 is 0.944 bits per heavy atom. The second kappa shape index (κ2) is 12.3. The molecule has 0 aliphatic carbocycles. The van der Waals surface area contributed by atoms with E-state index in [1.54, 1.807) is 0 Å². The van der Waals surface area contributed by atoms with Gasteiger partial charge in [-0.05, 0) is 69.4 Å². The highest BCUT2D eigenvalue weighted by atomic mass is 32.1. The molecule has 0 unspecified atom stereocenters. The second-order valence-corrected chi connectivity index (χ2v) is 14.6. The SMILES string of the molecule is c1ccc(-c2nc(-c3ccc4ccccc4c3)nc(-c3cccc4oc5ccc(-c6cccc7sc8cccc(-c9ccccc9)c8c67)cc5c34)n2)cc1. The first-order valence-electron chi connectivity index (χ1n) is 18.0. The lowest BCUT2D eigenvalue weighted by Gasteiger charge is -2.10. The molecule has 0 spiro atoms. The van der Waals surface area contributed by atoms with Crippen LogP contribution in [0.1, 0.15) is 0 Å². The zero-order chi connectivity index (χ0) is 35.6. The van der Waals surface area contributed by atoms with Gasteiger partial charge in [0.05, 0.1) is 0 Å². The first-order chi connectivity index (χ1) is 26.7. The molecule has 0 aliphatic rings. The minimum atomic E-state index is 0.601. The summed E-state index contributed by atoms with van der Waals surface area (Å²) in [6.45, 7) is 0. The van der Waals surface area contributed by atoms with E-state index in [0.717, 1.165) is 49.6 Å². The average molecular weight is 708 g/mol. The number of aromatic nitrogens is 3. The number of furan rings is 1. The summed E-state index contributed by atoms with van der Waals surface area (Å²) in [4.78, 5) is 15.3. The van der Waals surface area contributed by atoms with Gasteiger partial charge in [-0.2, -0.15) is 0 Å². The summed E-state index contributed by atoms with van der Waals surface area (Å²) in [5, 5.41) is 6.87. The third kappa shape index (κ3) is 5.01. The van der Waals surface area contributed by atoms with E-state index < -0.39 is 0 Å². The van der Waals surface area contributed by atoms with Crippen molar-refractivity contribution in [2.24, 2.45) is 0 Å². The van der Waals surface area contributed by atoms with Crippen LogP contribution in [0, 0.1) is 0 Å². The number of hydrogen-bond acceptors (Lipinski definition) is 5. The molecule has 3 heterocycles. The highest BCUT2D eigenvalue weighted by Gasteiger charge is 2.20. The van der Waals surface area contributed by atoms with Crippen molar-refractivity contribution >= 4 is 64.2 Å². The second-order valence-electron chi connectivity index (χ2n) is 13.6. The van der Waals surface area contributed by atoms with Crippen LogP contribution in [0.25, 0.3) is 109 Å². The Kier molecular flexibility index (Phi) is 7.00. The molecular weight excluding hydrogens is 679 g/mol. The van der Waals surface area contributed by atoms with Crippen molar-refractivity contribution in [3.8, 4) is 56.4 Å². The molecule has 54 heavy (non-hydrogen) atoms. The number of thiophene rings is 1. The van der Waals surface area contributed by atoms with E-state index in [-0.39, 0.29) is 0 Å². The lowest BCUT2D eigenvalue weighted by atomic mass is 9.94. The third-order valence-corrected chi connectivity index (χ3v) is 11.4. The van der Waals surface area contributed by atoms with E-state index in [1.807, 2.05) is 53.8 Å². The summed E-state index contributed by atoms with van der Waals surface area (Å²) >= 11 is 1.85. The van der Waals surface area contributed by atoms with Crippen molar-refractivity contribution in [1.82, 2.24) is 15.0 Å². The van der Waals surface area contributed by atoms with Crippen LogP contribution in [0.4, 0.5) is 0 Å². The molecular formula is C49H29N3OS. The standard InChI is InChI=1S/C49H29N3OS/c1-3-13-31(14-4-1)36-18-10-22-42-45(36)46-37(19-11-23-43(46)54-42)34-26-27-40-39(29-34)44-38(20-9-21-41(44)53-40)49-51-47(32-15-5-2-6-16-32)50-48(52-49)35-25-24-30-12-7-8-17-33(30)28-35/h1-29H. The van der Waals surface area contributed by atoms with E-state index in [9.17, 15) is 0 Å². The predicted molar refractivity (Wildman–Crippen MR) is 225 cm³/mol. The third-order valence-electron chi connectivity index (χ3n) is 10.3. The maximum absolute atomic E-state index is 6.53. The molecule has 11 rings (SSSR count). The van der Waals surface area contributed by atoms with E-state index in [2.05, 4.69) is 133 Å². The minimum Gasteiger partial charge on any atom is -0.456 e. The van der Waals surface area contributed by atoms with Gasteiger partial charge in [0, 0.05) is 47.6 Å². The molecule has 3 aromatic heterocycles.